The molecule has 1 heterocycles. The van der Waals surface area contributed by atoms with Gasteiger partial charge in [-0.3, -0.25) is 0 Å². The zero-order valence-electron chi connectivity index (χ0n) is 11.8. The lowest BCUT2D eigenvalue weighted by atomic mass is 10.1. The molecule has 104 valence electrons. The quantitative estimate of drug-likeness (QED) is 0.895. The fourth-order valence-electron chi connectivity index (χ4n) is 2.76. The summed E-state index contributed by atoms with van der Waals surface area (Å²) in [7, 11) is 2.14. The summed E-state index contributed by atoms with van der Waals surface area (Å²) in [5, 5.41) is 12.7. The van der Waals surface area contributed by atoms with Crippen LogP contribution in [0.25, 0.3) is 0 Å². The number of aliphatic hydroxyl groups excluding tert-OH is 1. The molecule has 2 aromatic rings. The highest BCUT2D eigenvalue weighted by Gasteiger charge is 2.15. The average Bonchev–Trinajstić information content (AvgIpc) is 2.86. The second-order valence-electron chi connectivity index (χ2n) is 5.30. The second kappa shape index (κ2) is 5.55. The molecule has 0 amide bonds. The van der Waals surface area contributed by atoms with Gasteiger partial charge in [-0.1, -0.05) is 30.3 Å². The zero-order chi connectivity index (χ0) is 13.9. The first-order chi connectivity index (χ1) is 9.78. The third-order valence-electron chi connectivity index (χ3n) is 3.94. The van der Waals surface area contributed by atoms with Gasteiger partial charge >= 0.3 is 0 Å². The van der Waals surface area contributed by atoms with Gasteiger partial charge in [0.1, 0.15) is 0 Å². The summed E-state index contributed by atoms with van der Waals surface area (Å²) in [6.45, 7) is 1.96. The van der Waals surface area contributed by atoms with Crippen LogP contribution in [-0.4, -0.2) is 18.7 Å². The van der Waals surface area contributed by atoms with Gasteiger partial charge in [0, 0.05) is 37.1 Å². The van der Waals surface area contributed by atoms with Crippen molar-refractivity contribution >= 4 is 11.4 Å². The Morgan fingerprint density at radius 2 is 2.05 bits per heavy atom. The average molecular weight is 268 g/mol. The molecule has 0 unspecified atom stereocenters. The Morgan fingerprint density at radius 1 is 1.20 bits per heavy atom. The molecule has 3 heteroatoms. The van der Waals surface area contributed by atoms with E-state index in [4.69, 9.17) is 0 Å². The Kier molecular flexibility index (Phi) is 3.61. The van der Waals surface area contributed by atoms with Crippen LogP contribution in [-0.2, 0) is 19.6 Å². The minimum Gasteiger partial charge on any atom is -0.392 e. The Hall–Kier alpha value is -2.00. The van der Waals surface area contributed by atoms with Crippen molar-refractivity contribution in [3.63, 3.8) is 0 Å². The van der Waals surface area contributed by atoms with Crippen LogP contribution in [0.5, 0.6) is 0 Å². The number of aliphatic hydroxyl groups is 1. The predicted molar refractivity (Wildman–Crippen MR) is 83.1 cm³/mol. The second-order valence-corrected chi connectivity index (χ2v) is 5.30. The van der Waals surface area contributed by atoms with Gasteiger partial charge in [0.2, 0.25) is 0 Å². The number of para-hydroxylation sites is 1. The van der Waals surface area contributed by atoms with Crippen molar-refractivity contribution in [2.45, 2.75) is 19.6 Å². The molecular weight excluding hydrogens is 248 g/mol. The molecular formula is C17H20N2O. The van der Waals surface area contributed by atoms with Crippen LogP contribution in [0.1, 0.15) is 16.7 Å². The van der Waals surface area contributed by atoms with Crippen molar-refractivity contribution < 1.29 is 5.11 Å². The molecule has 0 aromatic heterocycles. The van der Waals surface area contributed by atoms with Crippen molar-refractivity contribution in [1.82, 2.24) is 0 Å². The van der Waals surface area contributed by atoms with Gasteiger partial charge in [-0.05, 0) is 29.7 Å². The van der Waals surface area contributed by atoms with Gasteiger partial charge in [-0.15, -0.1) is 0 Å². The van der Waals surface area contributed by atoms with Gasteiger partial charge < -0.3 is 15.3 Å². The molecule has 0 fully saturated rings. The molecule has 2 N–H and O–H groups in total. The van der Waals surface area contributed by atoms with E-state index in [-0.39, 0.29) is 6.61 Å². The van der Waals surface area contributed by atoms with Crippen LogP contribution in [0.3, 0.4) is 0 Å². The maximum atomic E-state index is 9.33. The Morgan fingerprint density at radius 3 is 2.90 bits per heavy atom. The molecule has 3 nitrogen and oxygen atoms in total. The normalized spacial score (nSPS) is 13.4. The minimum atomic E-state index is 0.0676. The van der Waals surface area contributed by atoms with E-state index in [9.17, 15) is 5.11 Å². The van der Waals surface area contributed by atoms with E-state index in [1.807, 2.05) is 24.3 Å². The number of rotatable bonds is 4. The summed E-state index contributed by atoms with van der Waals surface area (Å²) >= 11 is 0. The minimum absolute atomic E-state index is 0.0676. The van der Waals surface area contributed by atoms with Crippen molar-refractivity contribution in [2.24, 2.45) is 0 Å². The summed E-state index contributed by atoms with van der Waals surface area (Å²) in [5.74, 6) is 0. The molecule has 2 aromatic carbocycles. The molecule has 1 aliphatic heterocycles. The monoisotopic (exact) mass is 268 g/mol. The number of nitrogens with zero attached hydrogens (tertiary/aromatic N) is 1. The molecule has 0 saturated carbocycles. The van der Waals surface area contributed by atoms with Crippen molar-refractivity contribution in [2.75, 3.05) is 23.8 Å². The van der Waals surface area contributed by atoms with E-state index in [0.29, 0.717) is 0 Å². The summed E-state index contributed by atoms with van der Waals surface area (Å²) in [6.07, 6.45) is 1.13. The van der Waals surface area contributed by atoms with Crippen LogP contribution in [0, 0.1) is 0 Å². The molecule has 0 bridgehead atoms. The largest absolute Gasteiger partial charge is 0.392 e. The highest BCUT2D eigenvalue weighted by atomic mass is 16.3. The van der Waals surface area contributed by atoms with Crippen LogP contribution in [0.2, 0.25) is 0 Å². The van der Waals surface area contributed by atoms with E-state index in [1.54, 1.807) is 0 Å². The lowest BCUT2D eigenvalue weighted by molar-refractivity contribution is 0.282. The third kappa shape index (κ3) is 2.49. The summed E-state index contributed by atoms with van der Waals surface area (Å²) in [4.78, 5) is 2.30. The summed E-state index contributed by atoms with van der Waals surface area (Å²) < 4.78 is 0. The Balaban J connectivity index is 1.73. The lowest BCUT2D eigenvalue weighted by Gasteiger charge is -2.13. The van der Waals surface area contributed by atoms with E-state index >= 15 is 0 Å². The van der Waals surface area contributed by atoms with Gasteiger partial charge in [0.05, 0.1) is 6.61 Å². The molecule has 0 radical (unpaired) electrons. The zero-order valence-corrected chi connectivity index (χ0v) is 11.8. The maximum Gasteiger partial charge on any atom is 0.0701 e. The van der Waals surface area contributed by atoms with Gasteiger partial charge in [0.25, 0.3) is 0 Å². The topological polar surface area (TPSA) is 35.5 Å². The van der Waals surface area contributed by atoms with Crippen LogP contribution < -0.4 is 10.2 Å². The molecule has 1 aliphatic rings. The fourth-order valence-corrected chi connectivity index (χ4v) is 2.76. The van der Waals surface area contributed by atoms with Crippen molar-refractivity contribution in [3.8, 4) is 0 Å². The van der Waals surface area contributed by atoms with Gasteiger partial charge in [-0.2, -0.15) is 0 Å². The van der Waals surface area contributed by atoms with E-state index < -0.39 is 0 Å². The highest BCUT2D eigenvalue weighted by Crippen LogP contribution is 2.27. The third-order valence-corrected chi connectivity index (χ3v) is 3.94. The number of hydrogen-bond acceptors (Lipinski definition) is 3. The molecule has 20 heavy (non-hydrogen) atoms. The summed E-state index contributed by atoms with van der Waals surface area (Å²) in [6, 6.07) is 14.5. The Labute approximate surface area is 119 Å². The fraction of sp³-hybridized carbons (Fsp3) is 0.294. The molecule has 0 atom stereocenters. The van der Waals surface area contributed by atoms with Gasteiger partial charge in [-0.25, -0.2) is 0 Å². The SMILES string of the molecule is CN1CCc2cc(CNc3ccccc3CO)ccc21. The Bertz CT molecular complexity index is 610. The molecule has 0 saturated heterocycles. The van der Waals surface area contributed by atoms with Crippen molar-refractivity contribution in [3.05, 3.63) is 59.2 Å². The highest BCUT2D eigenvalue weighted by molar-refractivity contribution is 5.59. The van der Waals surface area contributed by atoms with E-state index in [0.717, 1.165) is 30.8 Å². The first-order valence-electron chi connectivity index (χ1n) is 7.03. The molecule has 3 rings (SSSR count). The number of likely N-dealkylation sites (N-methyl/N-ethyl adjacent to an activating group) is 1. The lowest BCUT2D eigenvalue weighted by Crippen LogP contribution is -2.12. The maximum absolute atomic E-state index is 9.33. The standard InChI is InChI=1S/C17H20N2O/c1-19-9-8-14-10-13(6-7-17(14)19)11-18-16-5-3-2-4-15(16)12-20/h2-7,10,18,20H,8-9,11-12H2,1H3. The molecule has 0 spiro atoms. The van der Waals surface area contributed by atoms with Crippen molar-refractivity contribution in [1.29, 1.82) is 0 Å². The first kappa shape index (κ1) is 13.0. The smallest absolute Gasteiger partial charge is 0.0701 e. The number of anilines is 2. The predicted octanol–water partition coefficient (Wildman–Crippen LogP) is 2.78. The van der Waals surface area contributed by atoms with E-state index in [1.165, 1.54) is 16.8 Å². The van der Waals surface area contributed by atoms with Gasteiger partial charge in [0.15, 0.2) is 0 Å². The number of nitrogens with one attached hydrogen (secondary N) is 1. The van der Waals surface area contributed by atoms with Crippen LogP contribution in [0.15, 0.2) is 42.5 Å². The van der Waals surface area contributed by atoms with E-state index in [2.05, 4.69) is 35.5 Å². The molecule has 0 aliphatic carbocycles. The van der Waals surface area contributed by atoms with Crippen LogP contribution in [0.4, 0.5) is 11.4 Å². The summed E-state index contributed by atoms with van der Waals surface area (Å²) in [5.41, 5.74) is 6.01. The van der Waals surface area contributed by atoms with Crippen LogP contribution >= 0.6 is 0 Å². The number of hydrogen-bond donors (Lipinski definition) is 2. The number of benzene rings is 2. The first-order valence-corrected chi connectivity index (χ1v) is 7.03. The number of fused-ring (bicyclic) bond motifs is 1.